The molecule has 0 spiro atoms. The molecule has 0 saturated carbocycles. The van der Waals surface area contributed by atoms with Gasteiger partial charge in [-0.3, -0.25) is 15.0 Å². The van der Waals surface area contributed by atoms with Gasteiger partial charge < -0.3 is 4.79 Å². The topological polar surface area (TPSA) is 114 Å². The van der Waals surface area contributed by atoms with Gasteiger partial charge >= 0.3 is 0 Å². The second-order valence-electron chi connectivity index (χ2n) is 2.71. The van der Waals surface area contributed by atoms with Crippen LogP contribution in [0.5, 0.6) is 0 Å². The normalized spacial score (nSPS) is 7.61. The molecule has 0 aromatic rings. The lowest BCUT2D eigenvalue weighted by Gasteiger charge is -1.84. The van der Waals surface area contributed by atoms with Crippen LogP contribution in [0.25, 0.3) is 0 Å². The maximum Gasteiger partial charge on any atom is 0.236 e. The minimum absolute atomic E-state index is 0. The standard InChI is InChI=1S/C4H8N2O.C4H8O.C2H6N2O.CH4/c1-3-5-6-4(2)7;1-2-3-4-5;1-2(5)4-3;/h3H,1-2H3,(H,6,7);4H,2-3H2,1H3;3H2,1H3,(H,4,5);1H4. The van der Waals surface area contributed by atoms with E-state index in [4.69, 9.17) is 0 Å². The second-order valence-corrected chi connectivity index (χ2v) is 2.71. The van der Waals surface area contributed by atoms with E-state index in [2.05, 4.69) is 16.4 Å². The summed E-state index contributed by atoms with van der Waals surface area (Å²) in [6.45, 7) is 6.47. The molecular weight excluding hydrogens is 236 g/mol. The van der Waals surface area contributed by atoms with Crippen LogP contribution in [0.1, 0.15) is 48.0 Å². The van der Waals surface area contributed by atoms with E-state index in [0.29, 0.717) is 6.42 Å². The largest absolute Gasteiger partial charge is 0.303 e. The minimum atomic E-state index is -0.218. The van der Waals surface area contributed by atoms with Crippen LogP contribution in [-0.4, -0.2) is 24.3 Å². The summed E-state index contributed by atoms with van der Waals surface area (Å²) in [5.41, 5.74) is 4.11. The van der Waals surface area contributed by atoms with Crippen molar-refractivity contribution in [3.63, 3.8) is 0 Å². The molecule has 0 aliphatic rings. The van der Waals surface area contributed by atoms with Crippen molar-refractivity contribution >= 4 is 24.3 Å². The number of aldehydes is 1. The van der Waals surface area contributed by atoms with E-state index in [0.717, 1.165) is 12.7 Å². The van der Waals surface area contributed by atoms with Crippen molar-refractivity contribution < 1.29 is 14.4 Å². The third kappa shape index (κ3) is 64.1. The number of hydrogen-bond donors (Lipinski definition) is 3. The number of amides is 2. The molecule has 0 saturated heterocycles. The number of nitrogens with zero attached hydrogens (tertiary/aromatic N) is 1. The zero-order valence-electron chi connectivity index (χ0n) is 10.8. The first kappa shape index (κ1) is 25.2. The summed E-state index contributed by atoms with van der Waals surface area (Å²) in [6.07, 6.45) is 4.13. The van der Waals surface area contributed by atoms with Gasteiger partial charge in [0.1, 0.15) is 6.29 Å². The molecule has 0 aliphatic heterocycles. The molecule has 0 aromatic carbocycles. The molecule has 0 rings (SSSR count). The number of rotatable bonds is 3. The van der Waals surface area contributed by atoms with E-state index in [-0.39, 0.29) is 19.2 Å². The Labute approximate surface area is 109 Å². The zero-order chi connectivity index (χ0) is 14.1. The monoisotopic (exact) mass is 262 g/mol. The lowest BCUT2D eigenvalue weighted by molar-refractivity contribution is -0.119. The smallest absolute Gasteiger partial charge is 0.236 e. The molecule has 4 N–H and O–H groups in total. The fraction of sp³-hybridized carbons (Fsp3) is 0.636. The van der Waals surface area contributed by atoms with E-state index in [1.54, 1.807) is 6.92 Å². The number of nitrogens with one attached hydrogen (secondary N) is 2. The summed E-state index contributed by atoms with van der Waals surface area (Å²) >= 11 is 0. The number of carbonyl (C=O) groups excluding carboxylic acids is 3. The van der Waals surface area contributed by atoms with E-state index in [1.165, 1.54) is 20.1 Å². The van der Waals surface area contributed by atoms with Crippen LogP contribution in [0, 0.1) is 0 Å². The van der Waals surface area contributed by atoms with Crippen LogP contribution < -0.4 is 16.7 Å². The molecule has 0 aromatic heterocycles. The highest BCUT2D eigenvalue weighted by Gasteiger charge is 1.78. The first-order valence-corrected chi connectivity index (χ1v) is 5.11. The molecular formula is C11H26N4O3. The van der Waals surface area contributed by atoms with Gasteiger partial charge in [0, 0.05) is 26.5 Å². The Hall–Kier alpha value is -1.76. The van der Waals surface area contributed by atoms with Crippen molar-refractivity contribution in [2.45, 2.75) is 48.0 Å². The number of hydrazine groups is 1. The van der Waals surface area contributed by atoms with Gasteiger partial charge in [-0.1, -0.05) is 14.4 Å². The Bertz CT molecular complexity index is 230. The molecule has 0 atom stereocenters. The molecule has 7 heteroatoms. The Kier molecular flexibility index (Phi) is 34.2. The predicted molar refractivity (Wildman–Crippen MR) is 73.7 cm³/mol. The SMILES string of the molecule is C.CC(=O)NN.CC=NNC(C)=O.CCCC=O. The van der Waals surface area contributed by atoms with Crippen molar-refractivity contribution in [2.75, 3.05) is 0 Å². The first-order valence-electron chi connectivity index (χ1n) is 5.11. The van der Waals surface area contributed by atoms with Crippen LogP contribution in [0.2, 0.25) is 0 Å². The molecule has 18 heavy (non-hydrogen) atoms. The molecule has 0 aliphatic carbocycles. The fourth-order valence-electron chi connectivity index (χ4n) is 0.273. The number of unbranched alkanes of at least 4 members (excludes halogenated alkanes) is 1. The Morgan fingerprint density at radius 3 is 1.78 bits per heavy atom. The van der Waals surface area contributed by atoms with Gasteiger partial charge in [0.25, 0.3) is 0 Å². The van der Waals surface area contributed by atoms with Gasteiger partial charge in [0.2, 0.25) is 11.8 Å². The van der Waals surface area contributed by atoms with Crippen LogP contribution in [-0.2, 0) is 14.4 Å². The van der Waals surface area contributed by atoms with Crippen LogP contribution in [0.15, 0.2) is 5.10 Å². The maximum atomic E-state index is 9.98. The molecule has 0 heterocycles. The number of nitrogens with two attached hydrogens (primary N) is 1. The maximum absolute atomic E-state index is 9.98. The fourth-order valence-corrected chi connectivity index (χ4v) is 0.273. The highest BCUT2D eigenvalue weighted by atomic mass is 16.2. The predicted octanol–water partition coefficient (Wildman–Crippen LogP) is 0.746. The summed E-state index contributed by atoms with van der Waals surface area (Å²) in [5.74, 6) is 4.21. The quantitative estimate of drug-likeness (QED) is 0.229. The van der Waals surface area contributed by atoms with Gasteiger partial charge in [-0.2, -0.15) is 5.10 Å². The molecule has 0 radical (unpaired) electrons. The molecule has 108 valence electrons. The summed E-state index contributed by atoms with van der Waals surface area (Å²) in [4.78, 5) is 29.0. The van der Waals surface area contributed by atoms with E-state index < -0.39 is 0 Å². The van der Waals surface area contributed by atoms with Gasteiger partial charge in [-0.25, -0.2) is 11.3 Å². The Balaban J connectivity index is -0.0000000813. The molecule has 0 bridgehead atoms. The van der Waals surface area contributed by atoms with E-state index in [9.17, 15) is 14.4 Å². The number of hydrazone groups is 1. The van der Waals surface area contributed by atoms with Crippen molar-refractivity contribution in [3.8, 4) is 0 Å². The summed E-state index contributed by atoms with van der Waals surface area (Å²) < 4.78 is 0. The summed E-state index contributed by atoms with van der Waals surface area (Å²) in [7, 11) is 0. The number of hydrogen-bond acceptors (Lipinski definition) is 5. The summed E-state index contributed by atoms with van der Waals surface area (Å²) in [5, 5.41) is 3.45. The zero-order valence-corrected chi connectivity index (χ0v) is 10.8. The van der Waals surface area contributed by atoms with Gasteiger partial charge in [0.15, 0.2) is 0 Å². The highest BCUT2D eigenvalue weighted by molar-refractivity contribution is 5.73. The summed E-state index contributed by atoms with van der Waals surface area (Å²) in [6, 6.07) is 0. The van der Waals surface area contributed by atoms with Crippen LogP contribution in [0.3, 0.4) is 0 Å². The van der Waals surface area contributed by atoms with E-state index >= 15 is 0 Å². The number of carbonyl (C=O) groups is 3. The third-order valence-corrected chi connectivity index (χ3v) is 0.961. The lowest BCUT2D eigenvalue weighted by Crippen LogP contribution is -2.26. The van der Waals surface area contributed by atoms with Crippen LogP contribution in [0.4, 0.5) is 0 Å². The van der Waals surface area contributed by atoms with Crippen molar-refractivity contribution in [2.24, 2.45) is 10.9 Å². The molecule has 7 nitrogen and oxygen atoms in total. The first-order chi connectivity index (χ1) is 7.95. The lowest BCUT2D eigenvalue weighted by atomic mass is 10.4. The average molecular weight is 262 g/mol. The molecule has 0 unspecified atom stereocenters. The second kappa shape index (κ2) is 24.5. The Morgan fingerprint density at radius 2 is 1.72 bits per heavy atom. The van der Waals surface area contributed by atoms with Crippen molar-refractivity contribution in [1.29, 1.82) is 0 Å². The molecule has 0 fully saturated rings. The third-order valence-electron chi connectivity index (χ3n) is 0.961. The molecule has 2 amide bonds. The van der Waals surface area contributed by atoms with Crippen molar-refractivity contribution in [3.05, 3.63) is 0 Å². The Morgan fingerprint density at radius 1 is 1.28 bits per heavy atom. The van der Waals surface area contributed by atoms with Gasteiger partial charge in [0.05, 0.1) is 0 Å². The van der Waals surface area contributed by atoms with Gasteiger partial charge in [-0.15, -0.1) is 0 Å². The van der Waals surface area contributed by atoms with E-state index in [1.807, 2.05) is 12.3 Å². The van der Waals surface area contributed by atoms with Crippen LogP contribution >= 0.6 is 0 Å². The average Bonchev–Trinajstić information content (AvgIpc) is 2.29. The minimum Gasteiger partial charge on any atom is -0.303 e. The highest BCUT2D eigenvalue weighted by Crippen LogP contribution is 1.74. The van der Waals surface area contributed by atoms with Gasteiger partial charge in [-0.05, 0) is 13.3 Å². The van der Waals surface area contributed by atoms with Crippen molar-refractivity contribution in [1.82, 2.24) is 10.9 Å².